The monoisotopic (exact) mass is 303 g/mol. The first kappa shape index (κ1) is 15.2. The summed E-state index contributed by atoms with van der Waals surface area (Å²) in [6, 6.07) is 10.7. The fourth-order valence-electron chi connectivity index (χ4n) is 2.09. The van der Waals surface area contributed by atoms with E-state index >= 15 is 0 Å². The van der Waals surface area contributed by atoms with Crippen molar-refractivity contribution in [3.63, 3.8) is 0 Å². The molecule has 0 aliphatic carbocycles. The van der Waals surface area contributed by atoms with Gasteiger partial charge in [0.15, 0.2) is 0 Å². The average Bonchev–Trinajstić information content (AvgIpc) is 2.37. The lowest BCUT2D eigenvalue weighted by Crippen LogP contribution is -2.13. The van der Waals surface area contributed by atoms with Crippen LogP contribution in [0.15, 0.2) is 36.4 Å². The van der Waals surface area contributed by atoms with Gasteiger partial charge in [-0.3, -0.25) is 4.79 Å². The van der Waals surface area contributed by atoms with E-state index in [1.807, 2.05) is 44.1 Å². The first-order valence-corrected chi connectivity index (χ1v) is 6.90. The Morgan fingerprint density at radius 2 is 1.90 bits per heavy atom. The number of hydrogen-bond acceptors (Lipinski definition) is 3. The van der Waals surface area contributed by atoms with Crippen molar-refractivity contribution >= 4 is 34.6 Å². The number of rotatable bonds is 3. The number of hydrogen-bond donors (Lipinski definition) is 2. The predicted octanol–water partition coefficient (Wildman–Crippen LogP) is 3.55. The van der Waals surface area contributed by atoms with Crippen LogP contribution in [-0.4, -0.2) is 20.0 Å². The second-order valence-electron chi connectivity index (χ2n) is 5.15. The molecule has 21 heavy (non-hydrogen) atoms. The summed E-state index contributed by atoms with van der Waals surface area (Å²) in [7, 11) is 3.82. The van der Waals surface area contributed by atoms with Gasteiger partial charge in [-0.25, -0.2) is 0 Å². The Labute approximate surface area is 129 Å². The second-order valence-corrected chi connectivity index (χ2v) is 5.55. The van der Waals surface area contributed by atoms with Gasteiger partial charge >= 0.3 is 0 Å². The highest BCUT2D eigenvalue weighted by Gasteiger charge is 2.09. The quantitative estimate of drug-likeness (QED) is 0.853. The zero-order chi connectivity index (χ0) is 15.6. The molecular formula is C16H18ClN3O. The molecule has 4 nitrogen and oxygen atoms in total. The van der Waals surface area contributed by atoms with Crippen LogP contribution >= 0.6 is 11.6 Å². The number of carbonyl (C=O) groups is 1. The minimum Gasteiger partial charge on any atom is -0.399 e. The van der Waals surface area contributed by atoms with Crippen LogP contribution in [0.4, 0.5) is 17.1 Å². The standard InChI is InChI=1S/C16H18ClN3O/c1-10-6-11(8-12(18)7-10)16(21)19-13-4-5-15(20(2)3)14(17)9-13/h4-9H,18H2,1-3H3,(H,19,21). The van der Waals surface area contributed by atoms with E-state index in [-0.39, 0.29) is 5.91 Å². The van der Waals surface area contributed by atoms with Gasteiger partial charge in [0.1, 0.15) is 0 Å². The smallest absolute Gasteiger partial charge is 0.255 e. The topological polar surface area (TPSA) is 58.4 Å². The molecule has 0 unspecified atom stereocenters. The number of aryl methyl sites for hydroxylation is 1. The Kier molecular flexibility index (Phi) is 4.38. The van der Waals surface area contributed by atoms with Crippen molar-refractivity contribution in [2.45, 2.75) is 6.92 Å². The van der Waals surface area contributed by atoms with E-state index in [9.17, 15) is 4.79 Å². The predicted molar refractivity (Wildman–Crippen MR) is 89.3 cm³/mol. The molecule has 0 heterocycles. The third kappa shape index (κ3) is 3.67. The van der Waals surface area contributed by atoms with Crippen molar-refractivity contribution in [2.24, 2.45) is 0 Å². The zero-order valence-corrected chi connectivity index (χ0v) is 13.0. The van der Waals surface area contributed by atoms with E-state index in [0.717, 1.165) is 11.3 Å². The molecule has 110 valence electrons. The molecule has 2 aromatic carbocycles. The Morgan fingerprint density at radius 1 is 1.19 bits per heavy atom. The highest BCUT2D eigenvalue weighted by molar-refractivity contribution is 6.33. The molecule has 0 fully saturated rings. The van der Waals surface area contributed by atoms with Crippen molar-refractivity contribution < 1.29 is 4.79 Å². The summed E-state index contributed by atoms with van der Waals surface area (Å²) < 4.78 is 0. The number of amides is 1. The van der Waals surface area contributed by atoms with Crippen LogP contribution in [0.3, 0.4) is 0 Å². The van der Waals surface area contributed by atoms with Gasteiger partial charge in [-0.15, -0.1) is 0 Å². The molecule has 0 aliphatic rings. The summed E-state index contributed by atoms with van der Waals surface area (Å²) in [5.41, 5.74) is 9.35. The van der Waals surface area contributed by atoms with Gasteiger partial charge in [0.25, 0.3) is 5.91 Å². The number of nitrogens with two attached hydrogens (primary N) is 1. The van der Waals surface area contributed by atoms with Gasteiger partial charge in [-0.05, 0) is 48.9 Å². The molecule has 2 rings (SSSR count). The van der Waals surface area contributed by atoms with E-state index in [2.05, 4.69) is 5.32 Å². The minimum absolute atomic E-state index is 0.209. The molecule has 1 amide bonds. The fraction of sp³-hybridized carbons (Fsp3) is 0.188. The lowest BCUT2D eigenvalue weighted by molar-refractivity contribution is 0.102. The average molecular weight is 304 g/mol. The maximum absolute atomic E-state index is 12.2. The van der Waals surface area contributed by atoms with Crippen LogP contribution in [-0.2, 0) is 0 Å². The first-order valence-electron chi connectivity index (χ1n) is 6.52. The van der Waals surface area contributed by atoms with Crippen LogP contribution < -0.4 is 16.0 Å². The summed E-state index contributed by atoms with van der Waals surface area (Å²) in [5.74, 6) is -0.209. The largest absolute Gasteiger partial charge is 0.399 e. The van der Waals surface area contributed by atoms with Crippen molar-refractivity contribution in [3.05, 3.63) is 52.5 Å². The maximum atomic E-state index is 12.2. The second kappa shape index (κ2) is 6.06. The number of carbonyl (C=O) groups excluding carboxylic acids is 1. The summed E-state index contributed by atoms with van der Waals surface area (Å²) in [5, 5.41) is 3.41. The molecule has 3 N–H and O–H groups in total. The molecule has 2 aromatic rings. The molecule has 0 spiro atoms. The molecule has 0 bridgehead atoms. The van der Waals surface area contributed by atoms with Crippen LogP contribution in [0.5, 0.6) is 0 Å². The van der Waals surface area contributed by atoms with Gasteiger partial charge in [-0.2, -0.15) is 0 Å². The van der Waals surface area contributed by atoms with Gasteiger partial charge < -0.3 is 16.0 Å². The zero-order valence-electron chi connectivity index (χ0n) is 12.3. The van der Waals surface area contributed by atoms with Crippen LogP contribution in [0.1, 0.15) is 15.9 Å². The van der Waals surface area contributed by atoms with E-state index in [1.54, 1.807) is 18.2 Å². The number of halogens is 1. The molecule has 0 aliphatic heterocycles. The molecule has 0 saturated heterocycles. The van der Waals surface area contributed by atoms with Crippen molar-refractivity contribution in [2.75, 3.05) is 30.0 Å². The fourth-order valence-corrected chi connectivity index (χ4v) is 2.44. The van der Waals surface area contributed by atoms with Gasteiger partial charge in [-0.1, -0.05) is 11.6 Å². The number of nitrogen functional groups attached to an aromatic ring is 1. The van der Waals surface area contributed by atoms with E-state index < -0.39 is 0 Å². The summed E-state index contributed by atoms with van der Waals surface area (Å²) in [6.45, 7) is 1.90. The molecule has 0 atom stereocenters. The normalized spacial score (nSPS) is 10.3. The van der Waals surface area contributed by atoms with Crippen molar-refractivity contribution in [1.82, 2.24) is 0 Å². The Bertz CT molecular complexity index is 663. The highest BCUT2D eigenvalue weighted by Crippen LogP contribution is 2.27. The Hall–Kier alpha value is -2.20. The van der Waals surface area contributed by atoms with E-state index in [0.29, 0.717) is 22.0 Å². The summed E-state index contributed by atoms with van der Waals surface area (Å²) in [6.07, 6.45) is 0. The highest BCUT2D eigenvalue weighted by atomic mass is 35.5. The van der Waals surface area contributed by atoms with Gasteiger partial charge in [0.2, 0.25) is 0 Å². The molecule has 0 saturated carbocycles. The number of benzene rings is 2. The third-order valence-corrected chi connectivity index (χ3v) is 3.35. The van der Waals surface area contributed by atoms with Crippen LogP contribution in [0.25, 0.3) is 0 Å². The SMILES string of the molecule is Cc1cc(N)cc(C(=O)Nc2ccc(N(C)C)c(Cl)c2)c1. The van der Waals surface area contributed by atoms with Crippen molar-refractivity contribution in [1.29, 1.82) is 0 Å². The molecule has 5 heteroatoms. The summed E-state index contributed by atoms with van der Waals surface area (Å²) >= 11 is 6.19. The van der Waals surface area contributed by atoms with Crippen LogP contribution in [0, 0.1) is 6.92 Å². The number of nitrogens with zero attached hydrogens (tertiary/aromatic N) is 1. The molecule has 0 radical (unpaired) electrons. The van der Waals surface area contributed by atoms with Gasteiger partial charge in [0.05, 0.1) is 10.7 Å². The number of anilines is 3. The lowest BCUT2D eigenvalue weighted by atomic mass is 10.1. The molecular weight excluding hydrogens is 286 g/mol. The third-order valence-electron chi connectivity index (χ3n) is 3.05. The van der Waals surface area contributed by atoms with E-state index in [4.69, 9.17) is 17.3 Å². The Balaban J connectivity index is 2.21. The Morgan fingerprint density at radius 3 is 2.48 bits per heavy atom. The lowest BCUT2D eigenvalue weighted by Gasteiger charge is -2.15. The minimum atomic E-state index is -0.209. The van der Waals surface area contributed by atoms with E-state index in [1.165, 1.54) is 0 Å². The molecule has 0 aromatic heterocycles. The van der Waals surface area contributed by atoms with Crippen LogP contribution in [0.2, 0.25) is 5.02 Å². The maximum Gasteiger partial charge on any atom is 0.255 e. The van der Waals surface area contributed by atoms with Gasteiger partial charge in [0, 0.05) is 31.0 Å². The number of nitrogens with one attached hydrogen (secondary N) is 1. The van der Waals surface area contributed by atoms with Crippen molar-refractivity contribution in [3.8, 4) is 0 Å². The first-order chi connectivity index (χ1) is 9.86. The summed E-state index contributed by atoms with van der Waals surface area (Å²) in [4.78, 5) is 14.1.